The first-order valence-corrected chi connectivity index (χ1v) is 6.34. The van der Waals surface area contributed by atoms with Crippen LogP contribution in [0.25, 0.3) is 0 Å². The van der Waals surface area contributed by atoms with Gasteiger partial charge in [-0.3, -0.25) is 9.52 Å². The highest BCUT2D eigenvalue weighted by Crippen LogP contribution is 2.12. The maximum absolute atomic E-state index is 11.3. The molecule has 1 heterocycles. The summed E-state index contributed by atoms with van der Waals surface area (Å²) in [6.45, 7) is 1.63. The van der Waals surface area contributed by atoms with Gasteiger partial charge in [-0.25, -0.2) is 13.4 Å². The van der Waals surface area contributed by atoms with Gasteiger partial charge in [0.05, 0.1) is 12.2 Å². The van der Waals surface area contributed by atoms with Crippen molar-refractivity contribution in [1.82, 2.24) is 9.36 Å². The minimum atomic E-state index is -3.64. The van der Waals surface area contributed by atoms with E-state index in [9.17, 15) is 13.2 Å². The number of hydrogen-bond donors (Lipinski definition) is 2. The Bertz CT molecular complexity index is 453. The zero-order valence-corrected chi connectivity index (χ0v) is 9.43. The number of carbonyl (C=O) groups is 1. The smallest absolute Gasteiger partial charge is 0.304 e. The second-order valence-corrected chi connectivity index (χ2v) is 5.31. The molecule has 7 nitrogen and oxygen atoms in total. The number of rotatable bonds is 5. The number of nitrogens with one attached hydrogen (secondary N) is 1. The first kappa shape index (κ1) is 11.9. The van der Waals surface area contributed by atoms with Crippen LogP contribution in [0.15, 0.2) is 0 Å². The Labute approximate surface area is 90.4 Å². The summed E-state index contributed by atoms with van der Waals surface area (Å²) >= 11 is 0.912. The van der Waals surface area contributed by atoms with E-state index in [1.165, 1.54) is 0 Å². The van der Waals surface area contributed by atoms with Crippen molar-refractivity contribution >= 4 is 32.7 Å². The molecule has 0 saturated carbocycles. The number of aromatic nitrogens is 2. The average Bonchev–Trinajstić information content (AvgIpc) is 2.47. The van der Waals surface area contributed by atoms with Crippen molar-refractivity contribution in [3.05, 3.63) is 5.82 Å². The predicted molar refractivity (Wildman–Crippen MR) is 54.3 cm³/mol. The maximum atomic E-state index is 11.3. The number of nitrogens with zero attached hydrogens (tertiary/aromatic N) is 2. The lowest BCUT2D eigenvalue weighted by atomic mass is 10.5. The van der Waals surface area contributed by atoms with Gasteiger partial charge in [-0.1, -0.05) is 0 Å². The summed E-state index contributed by atoms with van der Waals surface area (Å²) in [5.41, 5.74) is 0. The summed E-state index contributed by atoms with van der Waals surface area (Å²) in [5, 5.41) is 8.48. The predicted octanol–water partition coefficient (Wildman–Crippen LogP) is 0.0629. The fourth-order valence-electron chi connectivity index (χ4n) is 0.744. The first-order chi connectivity index (χ1) is 6.89. The second kappa shape index (κ2) is 4.53. The van der Waals surface area contributed by atoms with E-state index in [0.717, 1.165) is 11.5 Å². The molecule has 1 aromatic rings. The Balaban J connectivity index is 2.60. The number of aliphatic carboxylic acids is 1. The molecule has 2 N–H and O–H groups in total. The molecule has 0 aromatic carbocycles. The number of hydrogen-bond acceptors (Lipinski definition) is 6. The number of carboxylic acids is 1. The summed E-state index contributed by atoms with van der Waals surface area (Å²) in [5.74, 6) is -1.16. The molecule has 1 aromatic heterocycles. The summed E-state index contributed by atoms with van der Waals surface area (Å²) < 4.78 is 28.5. The molecule has 15 heavy (non-hydrogen) atoms. The van der Waals surface area contributed by atoms with E-state index in [0.29, 0.717) is 5.82 Å². The van der Waals surface area contributed by atoms with Gasteiger partial charge in [0.1, 0.15) is 5.82 Å². The van der Waals surface area contributed by atoms with Crippen LogP contribution >= 0.6 is 11.5 Å². The van der Waals surface area contributed by atoms with Crippen LogP contribution in [-0.2, 0) is 14.8 Å². The third-order valence-corrected chi connectivity index (χ3v) is 3.45. The first-order valence-electron chi connectivity index (χ1n) is 3.91. The summed E-state index contributed by atoms with van der Waals surface area (Å²) in [6, 6.07) is 0. The van der Waals surface area contributed by atoms with Crippen molar-refractivity contribution in [2.75, 3.05) is 10.5 Å². The molecular formula is C6H9N3O4S2. The largest absolute Gasteiger partial charge is 0.481 e. The Morgan fingerprint density at radius 3 is 2.73 bits per heavy atom. The molecule has 9 heteroatoms. The highest BCUT2D eigenvalue weighted by Gasteiger charge is 2.14. The SMILES string of the molecule is Cc1nsc(NS(=O)(=O)CCC(=O)O)n1. The van der Waals surface area contributed by atoms with Crippen molar-refractivity contribution in [3.8, 4) is 0 Å². The molecule has 0 atom stereocenters. The van der Waals surface area contributed by atoms with Gasteiger partial charge in [-0.05, 0) is 6.92 Å². The molecule has 1 rings (SSSR count). The van der Waals surface area contributed by atoms with E-state index in [-0.39, 0.29) is 5.13 Å². The van der Waals surface area contributed by atoms with Crippen LogP contribution in [-0.4, -0.2) is 34.6 Å². The van der Waals surface area contributed by atoms with Gasteiger partial charge < -0.3 is 5.11 Å². The zero-order chi connectivity index (χ0) is 11.5. The molecule has 0 aliphatic carbocycles. The standard InChI is InChI=1S/C6H9N3O4S2/c1-4-7-6(14-8-4)9-15(12,13)3-2-5(10)11/h2-3H2,1H3,(H,10,11)(H,7,8,9). The number of anilines is 1. The molecule has 0 aliphatic rings. The average molecular weight is 251 g/mol. The minimum Gasteiger partial charge on any atom is -0.481 e. The molecule has 0 fully saturated rings. The van der Waals surface area contributed by atoms with E-state index in [4.69, 9.17) is 5.11 Å². The van der Waals surface area contributed by atoms with Crippen LogP contribution in [0.2, 0.25) is 0 Å². The van der Waals surface area contributed by atoms with Gasteiger partial charge >= 0.3 is 5.97 Å². The van der Waals surface area contributed by atoms with Gasteiger partial charge in [0.15, 0.2) is 0 Å². The molecule has 0 amide bonds. The lowest BCUT2D eigenvalue weighted by molar-refractivity contribution is -0.136. The van der Waals surface area contributed by atoms with Gasteiger partial charge in [0.25, 0.3) is 0 Å². The molecular weight excluding hydrogens is 242 g/mol. The summed E-state index contributed by atoms with van der Waals surface area (Å²) in [4.78, 5) is 14.0. The summed E-state index contributed by atoms with van der Waals surface area (Å²) in [7, 11) is -3.64. The van der Waals surface area contributed by atoms with E-state index in [1.54, 1.807) is 6.92 Å². The fraction of sp³-hybridized carbons (Fsp3) is 0.500. The quantitative estimate of drug-likeness (QED) is 0.766. The lowest BCUT2D eigenvalue weighted by Gasteiger charge is -2.01. The van der Waals surface area contributed by atoms with E-state index in [2.05, 4.69) is 14.1 Å². The topological polar surface area (TPSA) is 109 Å². The van der Waals surface area contributed by atoms with E-state index >= 15 is 0 Å². The Kier molecular flexibility index (Phi) is 3.58. The Morgan fingerprint density at radius 2 is 2.27 bits per heavy atom. The second-order valence-electron chi connectivity index (χ2n) is 2.71. The van der Waals surface area contributed by atoms with Crippen molar-refractivity contribution in [1.29, 1.82) is 0 Å². The molecule has 0 spiro atoms. The van der Waals surface area contributed by atoms with E-state index in [1.807, 2.05) is 0 Å². The van der Waals surface area contributed by atoms with Gasteiger partial charge in [-0.2, -0.15) is 4.37 Å². The highest BCUT2D eigenvalue weighted by molar-refractivity contribution is 7.92. The third kappa shape index (κ3) is 4.21. The minimum absolute atomic E-state index is 0.151. The molecule has 0 saturated heterocycles. The van der Waals surface area contributed by atoms with Gasteiger partial charge in [0.2, 0.25) is 15.2 Å². The molecule has 0 bridgehead atoms. The van der Waals surface area contributed by atoms with Crippen molar-refractivity contribution in [2.24, 2.45) is 0 Å². The summed E-state index contributed by atoms with van der Waals surface area (Å²) in [6.07, 6.45) is -0.437. The number of aryl methyl sites for hydroxylation is 1. The lowest BCUT2D eigenvalue weighted by Crippen LogP contribution is -2.18. The van der Waals surface area contributed by atoms with Crippen LogP contribution in [0.4, 0.5) is 5.13 Å². The zero-order valence-electron chi connectivity index (χ0n) is 7.80. The Hall–Kier alpha value is -1.22. The van der Waals surface area contributed by atoms with Crippen LogP contribution < -0.4 is 4.72 Å². The highest BCUT2D eigenvalue weighted by atomic mass is 32.2. The van der Waals surface area contributed by atoms with Crippen LogP contribution in [0.3, 0.4) is 0 Å². The van der Waals surface area contributed by atoms with Gasteiger partial charge in [-0.15, -0.1) is 0 Å². The fourth-order valence-corrected chi connectivity index (χ4v) is 2.56. The van der Waals surface area contributed by atoms with Crippen LogP contribution in [0, 0.1) is 6.92 Å². The van der Waals surface area contributed by atoms with Crippen molar-refractivity contribution < 1.29 is 18.3 Å². The van der Waals surface area contributed by atoms with Crippen molar-refractivity contribution in [2.45, 2.75) is 13.3 Å². The Morgan fingerprint density at radius 1 is 1.60 bits per heavy atom. The van der Waals surface area contributed by atoms with Crippen LogP contribution in [0.5, 0.6) is 0 Å². The van der Waals surface area contributed by atoms with Gasteiger partial charge in [0, 0.05) is 11.5 Å². The third-order valence-electron chi connectivity index (χ3n) is 1.36. The van der Waals surface area contributed by atoms with E-state index < -0.39 is 28.2 Å². The van der Waals surface area contributed by atoms with Crippen LogP contribution in [0.1, 0.15) is 12.2 Å². The monoisotopic (exact) mass is 251 g/mol. The number of carboxylic acid groups (broad SMARTS) is 1. The molecule has 0 radical (unpaired) electrons. The number of sulfonamides is 1. The molecule has 0 unspecified atom stereocenters. The normalized spacial score (nSPS) is 11.3. The van der Waals surface area contributed by atoms with Crippen molar-refractivity contribution in [3.63, 3.8) is 0 Å². The molecule has 0 aliphatic heterocycles. The molecule has 84 valence electrons. The maximum Gasteiger partial charge on any atom is 0.304 e.